The van der Waals surface area contributed by atoms with Crippen molar-refractivity contribution in [1.29, 1.82) is 0 Å². The summed E-state index contributed by atoms with van der Waals surface area (Å²) in [7, 11) is 0. The lowest BCUT2D eigenvalue weighted by Crippen LogP contribution is -2.37. The monoisotopic (exact) mass is 814 g/mol. The molecular formula is C51H91NO6. The number of carbonyl (C=O) groups excluding carboxylic acids is 2. The first-order valence-corrected chi connectivity index (χ1v) is 24.5. The summed E-state index contributed by atoms with van der Waals surface area (Å²) in [5, 5.41) is 0. The third kappa shape index (κ3) is 35.8. The molecule has 58 heavy (non-hydrogen) atoms. The molecule has 3 unspecified atom stereocenters. The topological polar surface area (TPSA) is 74.3 Å². The third-order valence-corrected chi connectivity index (χ3v) is 11.7. The van der Waals surface area contributed by atoms with Crippen LogP contribution in [0.1, 0.15) is 207 Å². The first kappa shape index (κ1) is 53.9. The number of allylic oxidation sites excluding steroid dienone is 1. The fraction of sp³-hybridized carbons (Fsp3) is 0.863. The van der Waals surface area contributed by atoms with E-state index in [1.165, 1.54) is 122 Å². The zero-order valence-electron chi connectivity index (χ0n) is 38.3. The molecule has 0 saturated carbocycles. The molecule has 0 amide bonds. The maximum Gasteiger partial charge on any atom is 0.306 e. The van der Waals surface area contributed by atoms with E-state index in [9.17, 15) is 9.59 Å². The number of hydrogen-bond donors (Lipinski definition) is 0. The van der Waals surface area contributed by atoms with Crippen LogP contribution in [0.3, 0.4) is 0 Å². The predicted octanol–water partition coefficient (Wildman–Crippen LogP) is 13.3. The van der Waals surface area contributed by atoms with Crippen molar-refractivity contribution in [3.05, 3.63) is 29.8 Å². The minimum Gasteiger partial charge on any atom is -0.466 e. The van der Waals surface area contributed by atoms with Crippen LogP contribution in [-0.2, 0) is 28.5 Å². The van der Waals surface area contributed by atoms with Gasteiger partial charge in [0.05, 0.1) is 32.8 Å². The lowest BCUT2D eigenvalue weighted by atomic mass is 9.94. The van der Waals surface area contributed by atoms with E-state index < -0.39 is 0 Å². The molecule has 0 aromatic heterocycles. The number of carbonyl (C=O) groups is 2. The van der Waals surface area contributed by atoms with Crippen LogP contribution in [0.15, 0.2) is 29.8 Å². The first-order valence-electron chi connectivity index (χ1n) is 24.5. The lowest BCUT2D eigenvalue weighted by Gasteiger charge is -2.26. The van der Waals surface area contributed by atoms with Crippen molar-refractivity contribution in [2.75, 3.05) is 59.3 Å². The number of unbranched alkanes of at least 4 members (excludes halogenated alkanes) is 18. The fourth-order valence-electron chi connectivity index (χ4n) is 7.91. The van der Waals surface area contributed by atoms with Gasteiger partial charge in [0.1, 0.15) is 0 Å². The second-order valence-electron chi connectivity index (χ2n) is 17.3. The van der Waals surface area contributed by atoms with Crippen molar-refractivity contribution in [1.82, 2.24) is 4.90 Å². The van der Waals surface area contributed by atoms with Gasteiger partial charge in [-0.15, -0.1) is 0 Å². The molecule has 7 nitrogen and oxygen atoms in total. The summed E-state index contributed by atoms with van der Waals surface area (Å²) in [6, 6.07) is 0. The van der Waals surface area contributed by atoms with Crippen molar-refractivity contribution in [3.63, 3.8) is 0 Å². The highest BCUT2D eigenvalue weighted by atomic mass is 16.5. The van der Waals surface area contributed by atoms with E-state index in [0.29, 0.717) is 37.9 Å². The van der Waals surface area contributed by atoms with E-state index in [4.69, 9.17) is 18.9 Å². The molecule has 0 aliphatic carbocycles. The maximum atomic E-state index is 12.4. The third-order valence-electron chi connectivity index (χ3n) is 11.7. The molecule has 0 spiro atoms. The Kier molecular flexibility index (Phi) is 38.7. The van der Waals surface area contributed by atoms with Crippen LogP contribution in [0.5, 0.6) is 0 Å². The lowest BCUT2D eigenvalue weighted by molar-refractivity contribution is -0.145. The Morgan fingerprint density at radius 2 is 1.14 bits per heavy atom. The molecule has 1 heterocycles. The van der Waals surface area contributed by atoms with Gasteiger partial charge in [-0.25, -0.2) is 0 Å². The zero-order valence-corrected chi connectivity index (χ0v) is 38.3. The van der Waals surface area contributed by atoms with Crippen LogP contribution in [0, 0.1) is 17.8 Å². The van der Waals surface area contributed by atoms with Crippen LogP contribution in [0.25, 0.3) is 0 Å². The molecule has 0 aromatic rings. The van der Waals surface area contributed by atoms with Gasteiger partial charge in [-0.2, -0.15) is 0 Å². The zero-order chi connectivity index (χ0) is 42.0. The largest absolute Gasteiger partial charge is 0.466 e. The van der Waals surface area contributed by atoms with E-state index in [1.54, 1.807) is 0 Å². The van der Waals surface area contributed by atoms with Crippen molar-refractivity contribution in [2.24, 2.45) is 17.8 Å². The normalized spacial score (nSPS) is 14.5. The van der Waals surface area contributed by atoms with Crippen LogP contribution in [-0.4, -0.2) is 76.1 Å². The number of esters is 2. The molecule has 0 radical (unpaired) electrons. The van der Waals surface area contributed by atoms with Gasteiger partial charge in [0.15, 0.2) is 0 Å². The standard InChI is InChI=1S/C51H91NO6/c1-5-8-23-31-47(4)44-50(53)57-40-28-21-17-13-11-15-19-26-34-49(46-56-39-30-36-52-37-42-55-43-38-52)35-27-20-16-12-14-18-22-29-41-58-51(54)45-48(32-24-9-6-2)33-25-10-7-3/h32,47-49H,2,5,7-8,10-23,25-31,33-46H2,1,3-4H3. The molecular weight excluding hydrogens is 723 g/mol. The molecule has 1 rings (SSSR count). The van der Waals surface area contributed by atoms with Gasteiger partial charge in [0.2, 0.25) is 0 Å². The molecule has 1 aliphatic rings. The molecule has 1 saturated heterocycles. The molecule has 7 heteroatoms. The second-order valence-corrected chi connectivity index (χ2v) is 17.3. The minimum atomic E-state index is -0.101. The number of rotatable bonds is 41. The summed E-state index contributed by atoms with van der Waals surface area (Å²) >= 11 is 0. The molecule has 3 atom stereocenters. The van der Waals surface area contributed by atoms with E-state index in [1.807, 2.05) is 6.08 Å². The Morgan fingerprint density at radius 1 is 0.638 bits per heavy atom. The van der Waals surface area contributed by atoms with Gasteiger partial charge in [0.25, 0.3) is 0 Å². The van der Waals surface area contributed by atoms with Crippen molar-refractivity contribution < 1.29 is 28.5 Å². The Morgan fingerprint density at radius 3 is 1.69 bits per heavy atom. The van der Waals surface area contributed by atoms with Crippen LogP contribution in [0.2, 0.25) is 0 Å². The van der Waals surface area contributed by atoms with Gasteiger partial charge < -0.3 is 18.9 Å². The van der Waals surface area contributed by atoms with E-state index in [2.05, 4.69) is 49.4 Å². The molecule has 336 valence electrons. The fourth-order valence-corrected chi connectivity index (χ4v) is 7.91. The Balaban J connectivity index is 2.17. The predicted molar refractivity (Wildman–Crippen MR) is 242 cm³/mol. The Bertz CT molecular complexity index is 1070. The van der Waals surface area contributed by atoms with Gasteiger partial charge in [0, 0.05) is 39.3 Å². The minimum absolute atomic E-state index is 0.0106. The highest BCUT2D eigenvalue weighted by Crippen LogP contribution is 2.21. The van der Waals surface area contributed by atoms with Gasteiger partial charge >= 0.3 is 11.9 Å². The van der Waals surface area contributed by atoms with Crippen molar-refractivity contribution in [3.8, 4) is 0 Å². The van der Waals surface area contributed by atoms with Gasteiger partial charge in [-0.3, -0.25) is 14.5 Å². The first-order chi connectivity index (χ1) is 28.5. The van der Waals surface area contributed by atoms with E-state index >= 15 is 0 Å². The number of nitrogens with zero attached hydrogens (tertiary/aromatic N) is 1. The highest BCUT2D eigenvalue weighted by molar-refractivity contribution is 5.70. The second kappa shape index (κ2) is 41.6. The summed E-state index contributed by atoms with van der Waals surface area (Å²) in [5.41, 5.74) is 8.29. The summed E-state index contributed by atoms with van der Waals surface area (Å²) < 4.78 is 22.8. The highest BCUT2D eigenvalue weighted by Gasteiger charge is 2.14. The van der Waals surface area contributed by atoms with Crippen LogP contribution < -0.4 is 0 Å². The molecule has 0 bridgehead atoms. The summed E-state index contributed by atoms with van der Waals surface area (Å²) in [6.45, 7) is 18.0. The summed E-state index contributed by atoms with van der Waals surface area (Å²) in [4.78, 5) is 27.0. The quantitative estimate of drug-likeness (QED) is 0.0346. The van der Waals surface area contributed by atoms with Crippen LogP contribution >= 0.6 is 0 Å². The molecule has 0 aromatic carbocycles. The molecule has 0 N–H and O–H groups in total. The summed E-state index contributed by atoms with van der Waals surface area (Å²) in [5.74, 6) is 1.15. The SMILES string of the molecule is C=C=C=C=CC(CCCCC)CC(=O)OCCCCCCCCCCC(CCCCCCCCCCOC(=O)CC(C)CCCCC)COCCCN1CCOCC1. The number of hydrogen-bond acceptors (Lipinski definition) is 7. The molecule has 1 fully saturated rings. The maximum absolute atomic E-state index is 12.4. The van der Waals surface area contributed by atoms with Gasteiger partial charge in [-0.05, 0) is 74.7 Å². The van der Waals surface area contributed by atoms with Crippen molar-refractivity contribution >= 4 is 11.9 Å². The average molecular weight is 814 g/mol. The summed E-state index contributed by atoms with van der Waals surface area (Å²) in [6.07, 6.45) is 35.6. The average Bonchev–Trinajstić information content (AvgIpc) is 3.22. The van der Waals surface area contributed by atoms with E-state index in [0.717, 1.165) is 97.4 Å². The Hall–Kier alpha value is -2.10. The van der Waals surface area contributed by atoms with Gasteiger partial charge in [-0.1, -0.05) is 167 Å². The molecule has 1 aliphatic heterocycles. The number of morpholine rings is 1. The Labute approximate surface area is 358 Å². The number of ether oxygens (including phenoxy) is 4. The van der Waals surface area contributed by atoms with E-state index in [-0.39, 0.29) is 17.9 Å². The van der Waals surface area contributed by atoms with Crippen LogP contribution in [0.4, 0.5) is 0 Å². The van der Waals surface area contributed by atoms with Crippen molar-refractivity contribution in [2.45, 2.75) is 207 Å². The smallest absolute Gasteiger partial charge is 0.306 e.